The van der Waals surface area contributed by atoms with E-state index in [2.05, 4.69) is 0 Å². The summed E-state index contributed by atoms with van der Waals surface area (Å²) in [6.45, 7) is 2.61. The first-order valence-electron chi connectivity index (χ1n) is 12.5. The van der Waals surface area contributed by atoms with Crippen LogP contribution in [0.15, 0.2) is 69.9 Å². The van der Waals surface area contributed by atoms with Crippen LogP contribution in [0.2, 0.25) is 0 Å². The van der Waals surface area contributed by atoms with Crippen LogP contribution in [0.1, 0.15) is 41.6 Å². The average molecular weight is 517 g/mol. The predicted molar refractivity (Wildman–Crippen MR) is 149 cm³/mol. The molecule has 4 N–H and O–H groups in total. The summed E-state index contributed by atoms with van der Waals surface area (Å²) in [5, 5.41) is 0.487. The lowest BCUT2D eigenvalue weighted by atomic mass is 10.1. The first-order chi connectivity index (χ1) is 18.4. The lowest BCUT2D eigenvalue weighted by Gasteiger charge is -2.10. The first kappa shape index (κ1) is 26.6. The Morgan fingerprint density at radius 3 is 2.18 bits per heavy atom. The largest absolute Gasteiger partial charge is 0.497 e. The van der Waals surface area contributed by atoms with Gasteiger partial charge < -0.3 is 30.1 Å². The fourth-order valence-corrected chi connectivity index (χ4v) is 4.17. The van der Waals surface area contributed by atoms with Crippen molar-refractivity contribution >= 4 is 28.3 Å². The molecule has 0 fully saturated rings. The molecule has 8 heteroatoms. The monoisotopic (exact) mass is 516 g/mol. The Morgan fingerprint density at radius 2 is 1.50 bits per heavy atom. The van der Waals surface area contributed by atoms with Gasteiger partial charge in [0.25, 0.3) is 0 Å². The van der Waals surface area contributed by atoms with Crippen LogP contribution >= 0.6 is 0 Å². The minimum atomic E-state index is -0.431. The molecule has 0 bridgehead atoms. The van der Waals surface area contributed by atoms with E-state index in [1.54, 1.807) is 50.4 Å². The molecule has 0 saturated carbocycles. The van der Waals surface area contributed by atoms with Gasteiger partial charge in [0.05, 0.1) is 31.3 Å². The molecule has 3 aromatic carbocycles. The minimum Gasteiger partial charge on any atom is -0.497 e. The smallest absolute Gasteiger partial charge is 0.338 e. The zero-order valence-corrected chi connectivity index (χ0v) is 21.6. The number of ether oxygens (including phenoxy) is 3. The third kappa shape index (κ3) is 6.45. The van der Waals surface area contributed by atoms with Gasteiger partial charge in [0, 0.05) is 22.5 Å². The number of anilines is 2. The molecule has 0 atom stereocenters. The van der Waals surface area contributed by atoms with Gasteiger partial charge in [0.15, 0.2) is 5.43 Å². The topological polar surface area (TPSA) is 127 Å². The van der Waals surface area contributed by atoms with Gasteiger partial charge in [0.2, 0.25) is 0 Å². The number of hydrogen-bond donors (Lipinski definition) is 2. The quantitative estimate of drug-likeness (QED) is 0.147. The number of nitrogen functional groups attached to an aromatic ring is 2. The van der Waals surface area contributed by atoms with Gasteiger partial charge in [-0.05, 0) is 93.3 Å². The standard InChI is InChI=1S/C30H32N2O6/c1-19-28(33)26-18-25(11-12-27(26)38-29(19)20-7-9-24(35-2)10-8-20)36-13-5-3-4-6-14-37-30(34)21-15-22(31)17-23(32)16-21/h7-12,15-18H,3-6,13-14,31-32H2,1-2H3. The van der Waals surface area contributed by atoms with E-state index in [0.29, 0.717) is 58.2 Å². The summed E-state index contributed by atoms with van der Waals surface area (Å²) in [7, 11) is 1.61. The maximum atomic E-state index is 13.1. The first-order valence-corrected chi connectivity index (χ1v) is 12.5. The highest BCUT2D eigenvalue weighted by molar-refractivity contribution is 5.91. The van der Waals surface area contributed by atoms with E-state index in [1.165, 1.54) is 0 Å². The number of methoxy groups -OCH3 is 1. The second-order valence-corrected chi connectivity index (χ2v) is 9.06. The van der Waals surface area contributed by atoms with Crippen LogP contribution in [0.3, 0.4) is 0 Å². The molecule has 0 radical (unpaired) electrons. The number of benzene rings is 3. The van der Waals surface area contributed by atoms with Crippen molar-refractivity contribution in [3.63, 3.8) is 0 Å². The van der Waals surface area contributed by atoms with Crippen molar-refractivity contribution in [3.8, 4) is 22.8 Å². The molecule has 0 aliphatic carbocycles. The van der Waals surface area contributed by atoms with Crippen LogP contribution in [-0.2, 0) is 4.74 Å². The van der Waals surface area contributed by atoms with Crippen LogP contribution in [0.5, 0.6) is 11.5 Å². The van der Waals surface area contributed by atoms with E-state index >= 15 is 0 Å². The van der Waals surface area contributed by atoms with Crippen LogP contribution in [-0.4, -0.2) is 26.3 Å². The Balaban J connectivity index is 1.24. The van der Waals surface area contributed by atoms with Crippen molar-refractivity contribution in [2.24, 2.45) is 0 Å². The van der Waals surface area contributed by atoms with Crippen molar-refractivity contribution in [1.29, 1.82) is 0 Å². The molecule has 38 heavy (non-hydrogen) atoms. The van der Waals surface area contributed by atoms with Gasteiger partial charge in [-0.3, -0.25) is 4.79 Å². The Bertz CT molecular complexity index is 1460. The Hall–Kier alpha value is -4.46. The zero-order valence-electron chi connectivity index (χ0n) is 21.6. The van der Waals surface area contributed by atoms with Crippen LogP contribution in [0, 0.1) is 6.92 Å². The summed E-state index contributed by atoms with van der Waals surface area (Å²) < 4.78 is 22.5. The molecule has 0 spiro atoms. The normalized spacial score (nSPS) is 10.9. The number of carbonyl (C=O) groups is 1. The molecule has 1 aromatic heterocycles. The molecule has 198 valence electrons. The molecular formula is C30H32N2O6. The minimum absolute atomic E-state index is 0.0852. The molecule has 0 aliphatic heterocycles. The molecule has 4 rings (SSSR count). The summed E-state index contributed by atoms with van der Waals surface area (Å²) in [5.74, 6) is 1.47. The highest BCUT2D eigenvalue weighted by Gasteiger charge is 2.14. The molecule has 0 saturated heterocycles. The van der Waals surface area contributed by atoms with Crippen LogP contribution in [0.25, 0.3) is 22.3 Å². The number of fused-ring (bicyclic) bond motifs is 1. The molecule has 0 amide bonds. The number of rotatable bonds is 11. The number of esters is 1. The summed E-state index contributed by atoms with van der Waals surface area (Å²) >= 11 is 0. The molecule has 0 unspecified atom stereocenters. The second-order valence-electron chi connectivity index (χ2n) is 9.06. The molecule has 0 aliphatic rings. The number of hydrogen-bond acceptors (Lipinski definition) is 8. The lowest BCUT2D eigenvalue weighted by Crippen LogP contribution is -2.08. The Labute approximate surface area is 221 Å². The van der Waals surface area contributed by atoms with Crippen molar-refractivity contribution < 1.29 is 23.4 Å². The van der Waals surface area contributed by atoms with Gasteiger partial charge in [0.1, 0.15) is 22.8 Å². The fraction of sp³-hybridized carbons (Fsp3) is 0.267. The zero-order chi connectivity index (χ0) is 27.1. The van der Waals surface area contributed by atoms with Crippen molar-refractivity contribution in [2.75, 3.05) is 31.8 Å². The van der Waals surface area contributed by atoms with E-state index in [-0.39, 0.29) is 5.43 Å². The Kier molecular flexibility index (Phi) is 8.53. The predicted octanol–water partition coefficient (Wildman–Crippen LogP) is 5.74. The van der Waals surface area contributed by atoms with Crippen LogP contribution < -0.4 is 26.4 Å². The molecule has 1 heterocycles. The van der Waals surface area contributed by atoms with Gasteiger partial charge in [-0.15, -0.1) is 0 Å². The van der Waals surface area contributed by atoms with E-state index in [0.717, 1.165) is 37.0 Å². The second kappa shape index (κ2) is 12.2. The van der Waals surface area contributed by atoms with E-state index in [4.69, 9.17) is 30.1 Å². The number of carbonyl (C=O) groups excluding carboxylic acids is 1. The fourth-order valence-electron chi connectivity index (χ4n) is 4.17. The maximum absolute atomic E-state index is 13.1. The SMILES string of the molecule is COc1ccc(-c2oc3ccc(OCCCCCCOC(=O)c4cc(N)cc(N)c4)cc3c(=O)c2C)cc1. The highest BCUT2D eigenvalue weighted by Crippen LogP contribution is 2.28. The third-order valence-corrected chi connectivity index (χ3v) is 6.20. The summed E-state index contributed by atoms with van der Waals surface area (Å²) in [6, 6.07) is 17.4. The van der Waals surface area contributed by atoms with Crippen molar-refractivity contribution in [3.05, 3.63) is 82.0 Å². The third-order valence-electron chi connectivity index (χ3n) is 6.20. The van der Waals surface area contributed by atoms with E-state index in [9.17, 15) is 9.59 Å². The van der Waals surface area contributed by atoms with E-state index in [1.807, 2.05) is 24.3 Å². The van der Waals surface area contributed by atoms with Crippen molar-refractivity contribution in [2.45, 2.75) is 32.6 Å². The van der Waals surface area contributed by atoms with Gasteiger partial charge in [-0.25, -0.2) is 4.79 Å². The van der Waals surface area contributed by atoms with Gasteiger partial charge in [-0.2, -0.15) is 0 Å². The molecular weight excluding hydrogens is 484 g/mol. The van der Waals surface area contributed by atoms with Gasteiger partial charge in [-0.1, -0.05) is 0 Å². The summed E-state index contributed by atoms with van der Waals surface area (Å²) in [6.07, 6.45) is 3.39. The number of unbranched alkanes of at least 4 members (excludes halogenated alkanes) is 3. The van der Waals surface area contributed by atoms with Crippen molar-refractivity contribution in [1.82, 2.24) is 0 Å². The van der Waals surface area contributed by atoms with E-state index < -0.39 is 5.97 Å². The van der Waals surface area contributed by atoms with Gasteiger partial charge >= 0.3 is 5.97 Å². The lowest BCUT2D eigenvalue weighted by molar-refractivity contribution is 0.0497. The summed E-state index contributed by atoms with van der Waals surface area (Å²) in [5.41, 5.74) is 14.4. The molecule has 8 nitrogen and oxygen atoms in total. The summed E-state index contributed by atoms with van der Waals surface area (Å²) in [4.78, 5) is 25.2. The number of nitrogens with two attached hydrogens (primary N) is 2. The average Bonchev–Trinajstić information content (AvgIpc) is 2.91. The highest BCUT2D eigenvalue weighted by atomic mass is 16.5. The Morgan fingerprint density at radius 1 is 0.842 bits per heavy atom. The maximum Gasteiger partial charge on any atom is 0.338 e. The molecule has 4 aromatic rings. The van der Waals surface area contributed by atoms with Crippen LogP contribution in [0.4, 0.5) is 11.4 Å².